The number of hydrogen-bond acceptors (Lipinski definition) is 4. The third kappa shape index (κ3) is 2.34. The molecule has 4 rings (SSSR count). The fourth-order valence-electron chi connectivity index (χ4n) is 3.37. The van der Waals surface area contributed by atoms with Crippen molar-refractivity contribution in [3.63, 3.8) is 0 Å². The molecule has 0 saturated heterocycles. The summed E-state index contributed by atoms with van der Waals surface area (Å²) in [6.07, 6.45) is 1.85. The van der Waals surface area contributed by atoms with Crippen LogP contribution < -0.4 is 15.1 Å². The number of fused-ring (bicyclic) bond motifs is 3. The molecule has 0 fully saturated rings. The zero-order chi connectivity index (χ0) is 18.3. The van der Waals surface area contributed by atoms with Gasteiger partial charge in [0.1, 0.15) is 22.6 Å². The summed E-state index contributed by atoms with van der Waals surface area (Å²) in [5.74, 6) is 0.270. The number of para-hydroxylation sites is 1. The zero-order valence-electron chi connectivity index (χ0n) is 13.9. The second-order valence-corrected chi connectivity index (χ2v) is 8.29. The van der Waals surface area contributed by atoms with E-state index in [4.69, 9.17) is 4.52 Å². The lowest BCUT2D eigenvalue weighted by Gasteiger charge is -2.30. The first-order valence-corrected chi connectivity index (χ1v) is 9.82. The van der Waals surface area contributed by atoms with Crippen molar-refractivity contribution in [2.45, 2.75) is 6.42 Å². The first-order valence-electron chi connectivity index (χ1n) is 8.20. The summed E-state index contributed by atoms with van der Waals surface area (Å²) in [5, 5.41) is 21.5. The normalized spacial score (nSPS) is 17.7. The number of allylic oxidation sites excluding steroid dienone is 1. The number of aromatic hydroxyl groups is 2. The molecule has 0 saturated carbocycles. The minimum atomic E-state index is -3.68. The van der Waals surface area contributed by atoms with Gasteiger partial charge in [-0.3, -0.25) is 4.57 Å². The molecule has 0 radical (unpaired) electrons. The number of phenolic OH excluding ortho intramolecular Hbond substituents is 2. The summed E-state index contributed by atoms with van der Waals surface area (Å²) in [6, 6.07) is 17.4. The van der Waals surface area contributed by atoms with Crippen molar-refractivity contribution in [1.82, 2.24) is 0 Å². The number of phenols is 2. The number of rotatable bonds is 3. The average molecular weight is 364 g/mol. The molecule has 0 spiro atoms. The predicted octanol–water partition coefficient (Wildman–Crippen LogP) is 4.11. The fourth-order valence-corrected chi connectivity index (χ4v) is 5.97. The molecule has 0 aromatic heterocycles. The third-order valence-corrected chi connectivity index (χ3v) is 7.07. The van der Waals surface area contributed by atoms with Crippen LogP contribution in [0.1, 0.15) is 5.56 Å². The van der Waals surface area contributed by atoms with E-state index in [0.29, 0.717) is 16.6 Å². The van der Waals surface area contributed by atoms with Crippen molar-refractivity contribution >= 4 is 18.0 Å². The molecule has 2 N–H and O–H groups in total. The molecule has 26 heavy (non-hydrogen) atoms. The molecule has 1 aliphatic rings. The molecule has 5 heteroatoms. The highest BCUT2D eigenvalue weighted by Gasteiger charge is 2.41. The van der Waals surface area contributed by atoms with Crippen LogP contribution in [0.5, 0.6) is 17.2 Å². The van der Waals surface area contributed by atoms with E-state index in [1.807, 2.05) is 30.3 Å². The average Bonchev–Trinajstić information content (AvgIpc) is 2.65. The highest BCUT2D eigenvalue weighted by atomic mass is 31.2. The minimum Gasteiger partial charge on any atom is -0.508 e. The molecular weight excluding hydrogens is 347 g/mol. The number of benzene rings is 3. The van der Waals surface area contributed by atoms with Crippen LogP contribution in [0.25, 0.3) is 11.1 Å². The van der Waals surface area contributed by atoms with Crippen LogP contribution in [0, 0.1) is 0 Å². The van der Waals surface area contributed by atoms with E-state index < -0.39 is 7.37 Å². The first-order chi connectivity index (χ1) is 12.6. The summed E-state index contributed by atoms with van der Waals surface area (Å²) < 4.78 is 20.2. The fraction of sp³-hybridized carbons (Fsp3) is 0.0476. The summed E-state index contributed by atoms with van der Waals surface area (Å²) in [7, 11) is -3.68. The Bertz CT molecular complexity index is 1070. The van der Waals surface area contributed by atoms with Gasteiger partial charge in [0, 0.05) is 11.1 Å². The predicted molar refractivity (Wildman–Crippen MR) is 103 cm³/mol. The van der Waals surface area contributed by atoms with Gasteiger partial charge in [0.05, 0.1) is 5.30 Å². The monoisotopic (exact) mass is 364 g/mol. The van der Waals surface area contributed by atoms with Crippen molar-refractivity contribution in [2.24, 2.45) is 0 Å². The van der Waals surface area contributed by atoms with E-state index in [2.05, 4.69) is 6.58 Å². The summed E-state index contributed by atoms with van der Waals surface area (Å²) in [6.45, 7) is 3.69. The van der Waals surface area contributed by atoms with Crippen molar-refractivity contribution in [1.29, 1.82) is 0 Å². The molecule has 3 aromatic rings. The van der Waals surface area contributed by atoms with Crippen molar-refractivity contribution in [3.8, 4) is 28.4 Å². The van der Waals surface area contributed by atoms with Gasteiger partial charge >= 0.3 is 7.37 Å². The van der Waals surface area contributed by atoms with Gasteiger partial charge in [0.15, 0.2) is 0 Å². The Morgan fingerprint density at radius 1 is 0.923 bits per heavy atom. The zero-order valence-corrected chi connectivity index (χ0v) is 14.8. The Morgan fingerprint density at radius 3 is 2.35 bits per heavy atom. The summed E-state index contributed by atoms with van der Waals surface area (Å²) in [4.78, 5) is 0. The molecule has 0 aliphatic carbocycles. The molecule has 1 unspecified atom stereocenters. The van der Waals surface area contributed by atoms with Crippen molar-refractivity contribution in [2.75, 3.05) is 0 Å². The van der Waals surface area contributed by atoms with Crippen LogP contribution in [0.4, 0.5) is 0 Å². The van der Waals surface area contributed by atoms with Crippen molar-refractivity contribution in [3.05, 3.63) is 78.9 Å². The molecule has 1 atom stereocenters. The van der Waals surface area contributed by atoms with Gasteiger partial charge < -0.3 is 14.7 Å². The van der Waals surface area contributed by atoms with E-state index in [0.717, 1.165) is 11.1 Å². The Balaban J connectivity index is 2.07. The molecule has 0 amide bonds. The maximum absolute atomic E-state index is 14.2. The van der Waals surface area contributed by atoms with Crippen LogP contribution in [-0.2, 0) is 11.0 Å². The number of hydrogen-bond donors (Lipinski definition) is 2. The summed E-state index contributed by atoms with van der Waals surface area (Å²) >= 11 is 0. The van der Waals surface area contributed by atoms with Crippen LogP contribution in [0.3, 0.4) is 0 Å². The van der Waals surface area contributed by atoms with E-state index in [-0.39, 0.29) is 23.2 Å². The lowest BCUT2D eigenvalue weighted by molar-refractivity contribution is 0.455. The molecule has 1 aliphatic heterocycles. The molecule has 1 heterocycles. The smallest absolute Gasteiger partial charge is 0.311 e. The Kier molecular flexibility index (Phi) is 3.86. The highest BCUT2D eigenvalue weighted by molar-refractivity contribution is 7.75. The first kappa shape index (κ1) is 16.5. The van der Waals surface area contributed by atoms with Gasteiger partial charge in [0.2, 0.25) is 0 Å². The van der Waals surface area contributed by atoms with Gasteiger partial charge in [-0.1, -0.05) is 42.5 Å². The maximum atomic E-state index is 14.2. The lowest BCUT2D eigenvalue weighted by atomic mass is 10.0. The van der Waals surface area contributed by atoms with Crippen LogP contribution in [0.2, 0.25) is 0 Å². The van der Waals surface area contributed by atoms with E-state index in [9.17, 15) is 14.8 Å². The third-order valence-electron chi connectivity index (χ3n) is 4.50. The highest BCUT2D eigenvalue weighted by Crippen LogP contribution is 2.56. The topological polar surface area (TPSA) is 66.8 Å². The molecule has 0 bridgehead atoms. The van der Waals surface area contributed by atoms with E-state index in [1.54, 1.807) is 24.3 Å². The standard InChI is InChI=1S/C21H17O4P/c1-2-7-16-17(22)12-13-18(23)21(16)26(24)20-11-6-4-9-15(20)14-8-3-5-10-19(14)25-26/h2-6,8-13,22-23H,1,7H2. The van der Waals surface area contributed by atoms with Crippen LogP contribution in [-0.4, -0.2) is 10.2 Å². The second kappa shape index (κ2) is 6.08. The Morgan fingerprint density at radius 2 is 1.58 bits per heavy atom. The minimum absolute atomic E-state index is 0.0483. The van der Waals surface area contributed by atoms with Crippen molar-refractivity contribution < 1.29 is 19.3 Å². The van der Waals surface area contributed by atoms with Gasteiger partial charge in [-0.05, 0) is 36.2 Å². The second-order valence-electron chi connectivity index (χ2n) is 6.08. The van der Waals surface area contributed by atoms with E-state index >= 15 is 0 Å². The maximum Gasteiger partial charge on any atom is 0.311 e. The largest absolute Gasteiger partial charge is 0.508 e. The lowest BCUT2D eigenvalue weighted by Crippen LogP contribution is -2.27. The molecular formula is C21H17O4P. The van der Waals surface area contributed by atoms with Gasteiger partial charge in [-0.15, -0.1) is 6.58 Å². The molecule has 130 valence electrons. The van der Waals surface area contributed by atoms with E-state index in [1.165, 1.54) is 12.1 Å². The Labute approximate surface area is 151 Å². The van der Waals surface area contributed by atoms with Gasteiger partial charge in [-0.25, -0.2) is 0 Å². The summed E-state index contributed by atoms with van der Waals surface area (Å²) in [5.41, 5.74) is 2.00. The SMILES string of the molecule is C=CCc1c(O)ccc(O)c1P1(=O)Oc2ccccc2-c2ccccc21. The van der Waals surface area contributed by atoms with Gasteiger partial charge in [-0.2, -0.15) is 0 Å². The quantitative estimate of drug-likeness (QED) is 0.417. The Hall–Kier alpha value is -2.97. The van der Waals surface area contributed by atoms with Crippen LogP contribution >= 0.6 is 7.37 Å². The molecule has 3 aromatic carbocycles. The van der Waals surface area contributed by atoms with Crippen LogP contribution in [0.15, 0.2) is 73.3 Å². The van der Waals surface area contributed by atoms with Gasteiger partial charge in [0.25, 0.3) is 0 Å². The molecule has 4 nitrogen and oxygen atoms in total.